The molecule has 1 heterocycles. The molecular weight excluding hydrogens is 345 g/mol. The smallest absolute Gasteiger partial charge is 0.213 e. The van der Waals surface area contributed by atoms with Gasteiger partial charge in [0.2, 0.25) is 10.0 Å². The van der Waals surface area contributed by atoms with Crippen LogP contribution in [0.1, 0.15) is 13.8 Å². The first-order valence-corrected chi connectivity index (χ1v) is 9.97. The van der Waals surface area contributed by atoms with Crippen molar-refractivity contribution in [2.24, 2.45) is 10.7 Å². The molecule has 3 N–H and O–H groups in total. The fraction of sp³-hybridized carbons (Fsp3) is 0.562. The molecule has 140 valence electrons. The van der Waals surface area contributed by atoms with Crippen LogP contribution in [0.5, 0.6) is 0 Å². The van der Waals surface area contributed by atoms with Crippen molar-refractivity contribution in [2.75, 3.05) is 43.4 Å². The van der Waals surface area contributed by atoms with Gasteiger partial charge >= 0.3 is 0 Å². The molecule has 1 fully saturated rings. The van der Waals surface area contributed by atoms with Crippen LogP contribution in [0, 0.1) is 5.82 Å². The van der Waals surface area contributed by atoms with Gasteiger partial charge in [0.1, 0.15) is 5.82 Å². The molecule has 25 heavy (non-hydrogen) atoms. The number of halogens is 1. The van der Waals surface area contributed by atoms with E-state index in [1.807, 2.05) is 4.90 Å². The third-order valence-corrected chi connectivity index (χ3v) is 5.40. The van der Waals surface area contributed by atoms with Crippen LogP contribution in [-0.2, 0) is 10.0 Å². The maximum Gasteiger partial charge on any atom is 0.213 e. The lowest BCUT2D eigenvalue weighted by Crippen LogP contribution is -2.51. The van der Waals surface area contributed by atoms with Crippen LogP contribution >= 0.6 is 0 Å². The lowest BCUT2D eigenvalue weighted by Gasteiger charge is -2.36. The Labute approximate surface area is 148 Å². The quantitative estimate of drug-likeness (QED) is 0.564. The first-order valence-electron chi connectivity index (χ1n) is 8.32. The van der Waals surface area contributed by atoms with E-state index in [4.69, 9.17) is 5.73 Å². The Hall–Kier alpha value is -1.87. The molecule has 0 atom stereocenters. The zero-order chi connectivity index (χ0) is 18.4. The highest BCUT2D eigenvalue weighted by Gasteiger charge is 2.19. The summed E-state index contributed by atoms with van der Waals surface area (Å²) in [6.45, 7) is 6.54. The van der Waals surface area contributed by atoms with E-state index in [1.54, 1.807) is 26.0 Å². The van der Waals surface area contributed by atoms with Gasteiger partial charge in [0.05, 0.1) is 12.3 Å². The number of nitrogens with one attached hydrogen (secondary N) is 1. The van der Waals surface area contributed by atoms with Gasteiger partial charge in [0, 0.05) is 37.9 Å². The van der Waals surface area contributed by atoms with E-state index in [-0.39, 0.29) is 24.2 Å². The Morgan fingerprint density at radius 3 is 2.40 bits per heavy atom. The van der Waals surface area contributed by atoms with Gasteiger partial charge in [-0.2, -0.15) is 0 Å². The summed E-state index contributed by atoms with van der Waals surface area (Å²) in [6, 6.07) is 6.28. The maximum absolute atomic E-state index is 13.0. The minimum Gasteiger partial charge on any atom is -0.370 e. The largest absolute Gasteiger partial charge is 0.370 e. The van der Waals surface area contributed by atoms with E-state index in [0.717, 1.165) is 18.8 Å². The zero-order valence-corrected chi connectivity index (χ0v) is 15.5. The van der Waals surface area contributed by atoms with Crippen molar-refractivity contribution in [2.45, 2.75) is 19.9 Å². The Bertz CT molecular complexity index is 683. The van der Waals surface area contributed by atoms with Gasteiger partial charge in [-0.25, -0.2) is 17.5 Å². The topological polar surface area (TPSA) is 91.0 Å². The first-order chi connectivity index (χ1) is 11.8. The van der Waals surface area contributed by atoms with E-state index < -0.39 is 10.0 Å². The maximum atomic E-state index is 13.0. The molecule has 0 aromatic heterocycles. The molecule has 0 bridgehead atoms. The summed E-state index contributed by atoms with van der Waals surface area (Å²) in [4.78, 5) is 8.27. The number of benzene rings is 1. The number of hydrogen-bond donors (Lipinski definition) is 2. The average Bonchev–Trinajstić information content (AvgIpc) is 2.54. The van der Waals surface area contributed by atoms with Crippen molar-refractivity contribution < 1.29 is 12.8 Å². The van der Waals surface area contributed by atoms with Crippen LogP contribution in [-0.4, -0.2) is 63.8 Å². The fourth-order valence-electron chi connectivity index (χ4n) is 2.64. The number of guanidine groups is 1. The highest BCUT2D eigenvalue weighted by molar-refractivity contribution is 7.89. The SMILES string of the molecule is CC(C)NS(=O)(=O)CCN=C(N)N1CCN(c2ccc(F)cc2)CC1. The van der Waals surface area contributed by atoms with Gasteiger partial charge < -0.3 is 15.5 Å². The van der Waals surface area contributed by atoms with Crippen molar-refractivity contribution in [1.29, 1.82) is 0 Å². The van der Waals surface area contributed by atoms with E-state index >= 15 is 0 Å². The second-order valence-electron chi connectivity index (χ2n) is 6.28. The van der Waals surface area contributed by atoms with Gasteiger partial charge in [-0.05, 0) is 38.1 Å². The monoisotopic (exact) mass is 371 g/mol. The lowest BCUT2D eigenvalue weighted by atomic mass is 10.2. The van der Waals surface area contributed by atoms with Crippen LogP contribution in [0.2, 0.25) is 0 Å². The van der Waals surface area contributed by atoms with Crippen molar-refractivity contribution in [3.8, 4) is 0 Å². The van der Waals surface area contributed by atoms with E-state index in [0.29, 0.717) is 19.0 Å². The molecule has 0 aliphatic carbocycles. The fourth-order valence-corrected chi connectivity index (χ4v) is 3.81. The third kappa shape index (κ3) is 6.17. The number of nitrogens with zero attached hydrogens (tertiary/aromatic N) is 3. The highest BCUT2D eigenvalue weighted by Crippen LogP contribution is 2.16. The third-order valence-electron chi connectivity index (χ3n) is 3.84. The summed E-state index contributed by atoms with van der Waals surface area (Å²) < 4.78 is 39.0. The van der Waals surface area contributed by atoms with E-state index in [1.165, 1.54) is 12.1 Å². The van der Waals surface area contributed by atoms with Crippen LogP contribution in [0.3, 0.4) is 0 Å². The number of aliphatic imine (C=N–C) groups is 1. The number of anilines is 1. The van der Waals surface area contributed by atoms with Crippen molar-refractivity contribution >= 4 is 21.7 Å². The molecule has 0 unspecified atom stereocenters. The van der Waals surface area contributed by atoms with Crippen molar-refractivity contribution in [3.05, 3.63) is 30.1 Å². The predicted molar refractivity (Wildman–Crippen MR) is 98.7 cm³/mol. The number of hydrogen-bond acceptors (Lipinski definition) is 4. The van der Waals surface area contributed by atoms with Crippen LogP contribution in [0.15, 0.2) is 29.3 Å². The summed E-state index contributed by atoms with van der Waals surface area (Å²) in [5, 5.41) is 0. The second-order valence-corrected chi connectivity index (χ2v) is 8.16. The van der Waals surface area contributed by atoms with Crippen molar-refractivity contribution in [3.63, 3.8) is 0 Å². The van der Waals surface area contributed by atoms with Crippen LogP contribution in [0.4, 0.5) is 10.1 Å². The molecule has 0 amide bonds. The molecule has 0 saturated carbocycles. The Morgan fingerprint density at radius 2 is 1.84 bits per heavy atom. The van der Waals surface area contributed by atoms with Crippen LogP contribution in [0.25, 0.3) is 0 Å². The molecule has 1 aliphatic heterocycles. The molecule has 9 heteroatoms. The van der Waals surface area contributed by atoms with Gasteiger partial charge in [0.15, 0.2) is 5.96 Å². The predicted octanol–water partition coefficient (Wildman–Crippen LogP) is 0.590. The summed E-state index contributed by atoms with van der Waals surface area (Å²) in [5.41, 5.74) is 6.95. The van der Waals surface area contributed by atoms with Gasteiger partial charge in [-0.3, -0.25) is 4.99 Å². The van der Waals surface area contributed by atoms with Crippen molar-refractivity contribution in [1.82, 2.24) is 9.62 Å². The molecule has 2 rings (SSSR count). The zero-order valence-electron chi connectivity index (χ0n) is 14.7. The number of nitrogens with two attached hydrogens (primary N) is 1. The number of piperazine rings is 1. The molecule has 1 aromatic rings. The number of rotatable bonds is 6. The molecule has 0 spiro atoms. The molecular formula is C16H26FN5O2S. The molecule has 1 saturated heterocycles. The number of sulfonamides is 1. The second kappa shape index (κ2) is 8.48. The van der Waals surface area contributed by atoms with Gasteiger partial charge in [0.25, 0.3) is 0 Å². The molecule has 1 aliphatic rings. The standard InChI is InChI=1S/C16H26FN5O2S/c1-13(2)20-25(23,24)12-7-19-16(18)22-10-8-21(9-11-22)15-5-3-14(17)4-6-15/h3-6,13,20H,7-12H2,1-2H3,(H2,18,19). The highest BCUT2D eigenvalue weighted by atomic mass is 32.2. The summed E-state index contributed by atoms with van der Waals surface area (Å²) in [6.07, 6.45) is 0. The van der Waals surface area contributed by atoms with Crippen LogP contribution < -0.4 is 15.4 Å². The molecule has 0 radical (unpaired) electrons. The first kappa shape index (κ1) is 19.5. The summed E-state index contributed by atoms with van der Waals surface area (Å²) in [7, 11) is -3.33. The normalized spacial score (nSPS) is 16.6. The summed E-state index contributed by atoms with van der Waals surface area (Å²) in [5.74, 6) is 0.0284. The van der Waals surface area contributed by atoms with Gasteiger partial charge in [-0.1, -0.05) is 0 Å². The summed E-state index contributed by atoms with van der Waals surface area (Å²) >= 11 is 0. The lowest BCUT2D eigenvalue weighted by molar-refractivity contribution is 0.381. The van der Waals surface area contributed by atoms with E-state index in [9.17, 15) is 12.8 Å². The Balaban J connectivity index is 1.82. The Kier molecular flexibility index (Phi) is 6.60. The average molecular weight is 371 g/mol. The minimum absolute atomic E-state index is 0.0819. The minimum atomic E-state index is -3.33. The molecule has 1 aromatic carbocycles. The molecule has 7 nitrogen and oxygen atoms in total. The Morgan fingerprint density at radius 1 is 1.24 bits per heavy atom. The van der Waals surface area contributed by atoms with Gasteiger partial charge in [-0.15, -0.1) is 0 Å². The van der Waals surface area contributed by atoms with E-state index in [2.05, 4.69) is 14.6 Å².